The number of nitrogens with zero attached hydrogens (tertiary/aromatic N) is 2. The number of nitrogens with one attached hydrogen (secondary N) is 2. The molecular formula is C41H66N4O9S. The normalized spacial score (nSPS) is 19.9. The second-order valence-electron chi connectivity index (χ2n) is 16.0. The van der Waals surface area contributed by atoms with Crippen LogP contribution in [-0.2, 0) is 49.9 Å². The largest absolute Gasteiger partial charge is 0.379 e. The first-order chi connectivity index (χ1) is 26.0. The van der Waals surface area contributed by atoms with Crippen molar-refractivity contribution in [3.63, 3.8) is 0 Å². The van der Waals surface area contributed by atoms with Gasteiger partial charge in [-0.1, -0.05) is 71.4 Å². The maximum atomic E-state index is 14.2. The zero-order valence-corrected chi connectivity index (χ0v) is 35.2. The molecule has 0 bridgehead atoms. The summed E-state index contributed by atoms with van der Waals surface area (Å²) in [5.41, 5.74) is 0.806. The molecule has 0 radical (unpaired) electrons. The molecule has 1 aliphatic carbocycles. The Morgan fingerprint density at radius 2 is 1.60 bits per heavy atom. The van der Waals surface area contributed by atoms with Gasteiger partial charge < -0.3 is 24.6 Å². The highest BCUT2D eigenvalue weighted by Crippen LogP contribution is 2.32. The number of likely N-dealkylation sites (tertiary alicyclic amines) is 1. The zero-order chi connectivity index (χ0) is 41.0. The van der Waals surface area contributed by atoms with Crippen molar-refractivity contribution in [2.45, 2.75) is 122 Å². The van der Waals surface area contributed by atoms with E-state index >= 15 is 0 Å². The van der Waals surface area contributed by atoms with Gasteiger partial charge >= 0.3 is 0 Å². The smallest absolute Gasteiger partial charge is 0.237 e. The number of rotatable bonds is 24. The van der Waals surface area contributed by atoms with Crippen LogP contribution in [0.1, 0.15) is 91.5 Å². The number of likely N-dealkylation sites (N-methyl/N-ethyl adjacent to an activating group) is 2. The van der Waals surface area contributed by atoms with Crippen molar-refractivity contribution in [3.05, 3.63) is 35.9 Å². The Morgan fingerprint density at radius 1 is 0.945 bits per heavy atom. The van der Waals surface area contributed by atoms with Gasteiger partial charge in [0.1, 0.15) is 11.6 Å². The summed E-state index contributed by atoms with van der Waals surface area (Å²) in [5.74, 6) is -3.57. The number of carbonyl (C=O) groups is 5. The Labute approximate surface area is 329 Å². The van der Waals surface area contributed by atoms with E-state index in [9.17, 15) is 32.4 Å². The molecule has 13 nitrogen and oxygen atoms in total. The average Bonchev–Trinajstić information content (AvgIpc) is 3.92. The Kier molecular flexibility index (Phi) is 17.9. The summed E-state index contributed by atoms with van der Waals surface area (Å²) in [6.07, 6.45) is 1.86. The molecule has 2 fully saturated rings. The Bertz CT molecular complexity index is 1550. The second kappa shape index (κ2) is 21.4. The number of amides is 3. The summed E-state index contributed by atoms with van der Waals surface area (Å²) in [6.45, 7) is 10.3. The molecule has 2 aliphatic rings. The van der Waals surface area contributed by atoms with Crippen LogP contribution >= 0.6 is 0 Å². The predicted molar refractivity (Wildman–Crippen MR) is 211 cm³/mol. The fourth-order valence-corrected chi connectivity index (χ4v) is 9.37. The Hall–Kier alpha value is -3.20. The number of carbonyl (C=O) groups excluding carboxylic acids is 5. The molecule has 0 spiro atoms. The molecule has 1 aromatic rings. The van der Waals surface area contributed by atoms with E-state index in [0.717, 1.165) is 12.0 Å². The van der Waals surface area contributed by atoms with E-state index in [1.54, 1.807) is 37.9 Å². The van der Waals surface area contributed by atoms with Crippen LogP contribution < -0.4 is 10.0 Å². The van der Waals surface area contributed by atoms with Crippen molar-refractivity contribution in [1.82, 2.24) is 19.8 Å². The van der Waals surface area contributed by atoms with Crippen LogP contribution in [0.15, 0.2) is 30.3 Å². The lowest BCUT2D eigenvalue weighted by atomic mass is 9.85. The third kappa shape index (κ3) is 12.6. The number of hydrogen-bond acceptors (Lipinski definition) is 10. The fraction of sp³-hybridized carbons (Fsp3) is 0.732. The number of benzene rings is 1. The minimum atomic E-state index is -3.81. The molecule has 1 aliphatic heterocycles. The summed E-state index contributed by atoms with van der Waals surface area (Å²) < 4.78 is 39.5. The van der Waals surface area contributed by atoms with Crippen molar-refractivity contribution in [2.75, 3.05) is 41.4 Å². The van der Waals surface area contributed by atoms with Crippen LogP contribution in [-0.4, -0.2) is 118 Å². The van der Waals surface area contributed by atoms with Gasteiger partial charge in [0.25, 0.3) is 0 Å². The molecule has 55 heavy (non-hydrogen) atoms. The SMILES string of the molecule is CC[C@H](C)[C@@H]([C@@H](CC(=O)N1CCC[C@H]1[C@H](OC)[C@@H](C)C(=O)C[C@@H](Cc1ccccc1)C(=O)NS(=O)(=O)C1CC1)OC)N(C)C(=O)[C@@H](CC(=O)CNC)C(C)C. The van der Waals surface area contributed by atoms with Gasteiger partial charge in [0.15, 0.2) is 0 Å². The van der Waals surface area contributed by atoms with Crippen LogP contribution in [0.4, 0.5) is 0 Å². The lowest BCUT2D eigenvalue weighted by Crippen LogP contribution is -2.54. The number of Topliss-reactive ketones (excluding diaryl/α,β-unsaturated/α-hetero) is 2. The van der Waals surface area contributed by atoms with Crippen molar-refractivity contribution in [2.24, 2.45) is 29.6 Å². The Morgan fingerprint density at radius 3 is 2.15 bits per heavy atom. The van der Waals surface area contributed by atoms with Gasteiger partial charge in [0.2, 0.25) is 27.7 Å². The second-order valence-corrected chi connectivity index (χ2v) is 17.9. The van der Waals surface area contributed by atoms with Crippen molar-refractivity contribution in [1.29, 1.82) is 0 Å². The molecule has 0 aromatic heterocycles. The van der Waals surface area contributed by atoms with Crippen LogP contribution in [0.2, 0.25) is 0 Å². The van der Waals surface area contributed by atoms with E-state index in [1.807, 2.05) is 58.0 Å². The molecule has 1 heterocycles. The number of ether oxygens (including phenoxy) is 2. The predicted octanol–water partition coefficient (Wildman–Crippen LogP) is 3.78. The van der Waals surface area contributed by atoms with Gasteiger partial charge in [-0.15, -0.1) is 0 Å². The van der Waals surface area contributed by atoms with Gasteiger partial charge in [0.05, 0.1) is 42.5 Å². The third-order valence-electron chi connectivity index (χ3n) is 11.6. The van der Waals surface area contributed by atoms with Gasteiger partial charge in [-0.2, -0.15) is 0 Å². The molecule has 3 amide bonds. The summed E-state index contributed by atoms with van der Waals surface area (Å²) in [6, 6.07) is 8.32. The minimum absolute atomic E-state index is 0.00178. The molecule has 3 rings (SSSR count). The summed E-state index contributed by atoms with van der Waals surface area (Å²) in [7, 11) is 2.67. The highest BCUT2D eigenvalue weighted by atomic mass is 32.2. The fourth-order valence-electron chi connectivity index (χ4n) is 7.99. The zero-order valence-electron chi connectivity index (χ0n) is 34.4. The highest BCUT2D eigenvalue weighted by molar-refractivity contribution is 7.90. The molecule has 1 saturated heterocycles. The van der Waals surface area contributed by atoms with Gasteiger partial charge in [-0.25, -0.2) is 8.42 Å². The van der Waals surface area contributed by atoms with Gasteiger partial charge in [-0.05, 0) is 56.6 Å². The number of hydrogen-bond donors (Lipinski definition) is 2. The standard InChI is InChI=1S/C41H66N4O9S/c1-10-27(4)38(44(7)41(50)33(26(2)3)23-31(46)25-42-6)36(53-8)24-37(48)45-20-14-17-34(45)39(54-9)28(5)35(47)22-30(21-29-15-12-11-13-16-29)40(49)43-55(51,52)32-18-19-32/h11-13,15-16,26-28,30,32-34,36,38-39,42H,10,14,17-25H2,1-9H3,(H,43,49)/t27-,28-,30+,33-,34-,36+,38-,39+/m0/s1. The van der Waals surface area contributed by atoms with Crippen molar-refractivity contribution >= 4 is 39.3 Å². The van der Waals surface area contributed by atoms with E-state index in [-0.39, 0.29) is 67.4 Å². The van der Waals surface area contributed by atoms with E-state index in [1.165, 1.54) is 7.11 Å². The van der Waals surface area contributed by atoms with E-state index in [4.69, 9.17) is 9.47 Å². The maximum Gasteiger partial charge on any atom is 0.237 e. The molecular weight excluding hydrogens is 725 g/mol. The van der Waals surface area contributed by atoms with E-state index in [2.05, 4.69) is 10.0 Å². The first kappa shape index (κ1) is 46.2. The Balaban J connectivity index is 1.79. The van der Waals surface area contributed by atoms with Crippen molar-refractivity contribution < 1.29 is 41.9 Å². The number of sulfonamides is 1. The van der Waals surface area contributed by atoms with Crippen LogP contribution in [0, 0.1) is 29.6 Å². The van der Waals surface area contributed by atoms with E-state index < -0.39 is 63.2 Å². The molecule has 14 heteroatoms. The van der Waals surface area contributed by atoms with E-state index in [0.29, 0.717) is 32.2 Å². The van der Waals surface area contributed by atoms with Gasteiger partial charge in [-0.3, -0.25) is 28.7 Å². The average molecular weight is 791 g/mol. The molecule has 310 valence electrons. The van der Waals surface area contributed by atoms with Crippen LogP contribution in [0.5, 0.6) is 0 Å². The summed E-state index contributed by atoms with van der Waals surface area (Å²) in [4.78, 5) is 71.6. The first-order valence-corrected chi connectivity index (χ1v) is 21.5. The number of ketones is 2. The van der Waals surface area contributed by atoms with Crippen LogP contribution in [0.25, 0.3) is 0 Å². The lowest BCUT2D eigenvalue weighted by Gasteiger charge is -2.40. The summed E-state index contributed by atoms with van der Waals surface area (Å²) >= 11 is 0. The highest BCUT2D eigenvalue weighted by Gasteiger charge is 2.44. The molecule has 0 unspecified atom stereocenters. The topological polar surface area (TPSA) is 168 Å². The van der Waals surface area contributed by atoms with Crippen molar-refractivity contribution in [3.8, 4) is 0 Å². The monoisotopic (exact) mass is 790 g/mol. The molecule has 1 aromatic carbocycles. The lowest BCUT2D eigenvalue weighted by molar-refractivity contribution is -0.149. The minimum Gasteiger partial charge on any atom is -0.379 e. The molecule has 1 saturated carbocycles. The third-order valence-corrected chi connectivity index (χ3v) is 13.5. The molecule has 2 N–H and O–H groups in total. The number of methoxy groups -OCH3 is 2. The van der Waals surface area contributed by atoms with Crippen LogP contribution in [0.3, 0.4) is 0 Å². The first-order valence-electron chi connectivity index (χ1n) is 19.9. The van der Waals surface area contributed by atoms with Gasteiger partial charge in [0, 0.05) is 58.4 Å². The molecule has 8 atom stereocenters. The maximum absolute atomic E-state index is 14.2. The quantitative estimate of drug-likeness (QED) is 0.157. The summed E-state index contributed by atoms with van der Waals surface area (Å²) in [5, 5.41) is 2.29.